The number of nitrogens with zero attached hydrogens (tertiary/aromatic N) is 2. The van der Waals surface area contributed by atoms with Crippen LogP contribution < -0.4 is 0 Å². The van der Waals surface area contributed by atoms with Gasteiger partial charge in [-0.1, -0.05) is 23.8 Å². The summed E-state index contributed by atoms with van der Waals surface area (Å²) in [5.41, 5.74) is 3.85. The number of benzene rings is 1. The molecule has 1 aromatic carbocycles. The maximum atomic E-state index is 12.5. The standard InChI is InChI=1S/C21H32N2O2/c1-16-7-8-17(2)19(13-16)20-14-23(18(3)15-25-20)12-9-21(24)22-10-5-4-6-11-22/h7-8,13,18,20H,4-6,9-12,14-15H2,1-3H3/t18-,20-/m1/s1. The van der Waals surface area contributed by atoms with Gasteiger partial charge >= 0.3 is 0 Å². The molecule has 2 saturated heterocycles. The third kappa shape index (κ3) is 4.62. The van der Waals surface area contributed by atoms with Gasteiger partial charge in [0.2, 0.25) is 5.91 Å². The number of ether oxygens (including phenoxy) is 1. The molecule has 2 fully saturated rings. The molecule has 2 atom stereocenters. The number of amides is 1. The lowest BCUT2D eigenvalue weighted by Gasteiger charge is -2.39. The SMILES string of the molecule is Cc1ccc(C)c([C@H]2CN(CCC(=O)N3CCCCC3)[C@H](C)CO2)c1. The lowest BCUT2D eigenvalue weighted by molar-refractivity contribution is -0.133. The van der Waals surface area contributed by atoms with E-state index < -0.39 is 0 Å². The Balaban J connectivity index is 1.59. The zero-order valence-corrected chi connectivity index (χ0v) is 16.0. The van der Waals surface area contributed by atoms with Crippen LogP contribution in [0.4, 0.5) is 0 Å². The Bertz CT molecular complexity index is 596. The summed E-state index contributed by atoms with van der Waals surface area (Å²) in [6, 6.07) is 6.94. The summed E-state index contributed by atoms with van der Waals surface area (Å²) in [5.74, 6) is 0.321. The summed E-state index contributed by atoms with van der Waals surface area (Å²) in [6.45, 7) is 10.8. The summed E-state index contributed by atoms with van der Waals surface area (Å²) in [5, 5.41) is 0. The summed E-state index contributed by atoms with van der Waals surface area (Å²) in [7, 11) is 0. The van der Waals surface area contributed by atoms with Crippen molar-refractivity contribution in [2.75, 3.05) is 32.8 Å². The van der Waals surface area contributed by atoms with Crippen molar-refractivity contribution in [3.8, 4) is 0 Å². The zero-order valence-electron chi connectivity index (χ0n) is 16.0. The van der Waals surface area contributed by atoms with Crippen molar-refractivity contribution in [3.05, 3.63) is 34.9 Å². The number of likely N-dealkylation sites (tertiary alicyclic amines) is 1. The van der Waals surface area contributed by atoms with Gasteiger partial charge in [-0.05, 0) is 51.2 Å². The second-order valence-corrected chi connectivity index (χ2v) is 7.72. The van der Waals surface area contributed by atoms with Gasteiger partial charge in [0.15, 0.2) is 0 Å². The van der Waals surface area contributed by atoms with Gasteiger partial charge in [0.1, 0.15) is 0 Å². The van der Waals surface area contributed by atoms with Crippen molar-refractivity contribution < 1.29 is 9.53 Å². The number of carbonyl (C=O) groups is 1. The predicted octanol–water partition coefficient (Wildman–Crippen LogP) is 3.47. The highest BCUT2D eigenvalue weighted by Gasteiger charge is 2.28. The normalized spacial score (nSPS) is 25.2. The van der Waals surface area contributed by atoms with Crippen molar-refractivity contribution in [3.63, 3.8) is 0 Å². The molecule has 25 heavy (non-hydrogen) atoms. The molecule has 0 unspecified atom stereocenters. The lowest BCUT2D eigenvalue weighted by atomic mass is 9.98. The second kappa shape index (κ2) is 8.33. The Morgan fingerprint density at radius 1 is 1.20 bits per heavy atom. The molecule has 0 N–H and O–H groups in total. The summed E-state index contributed by atoms with van der Waals surface area (Å²) >= 11 is 0. The van der Waals surface area contributed by atoms with Gasteiger partial charge in [0.05, 0.1) is 12.7 Å². The van der Waals surface area contributed by atoms with E-state index in [1.54, 1.807) is 0 Å². The first-order valence-corrected chi connectivity index (χ1v) is 9.75. The molecule has 0 bridgehead atoms. The van der Waals surface area contributed by atoms with E-state index >= 15 is 0 Å². The number of piperidine rings is 1. The number of aryl methyl sites for hydroxylation is 2. The largest absolute Gasteiger partial charge is 0.371 e. The molecular formula is C21H32N2O2. The molecule has 2 aliphatic heterocycles. The first kappa shape index (κ1) is 18.4. The molecule has 3 rings (SSSR count). The molecule has 1 amide bonds. The highest BCUT2D eigenvalue weighted by Crippen LogP contribution is 2.28. The monoisotopic (exact) mass is 344 g/mol. The summed E-state index contributed by atoms with van der Waals surface area (Å²) in [6.07, 6.45) is 4.33. The Kier molecular flexibility index (Phi) is 6.13. The lowest BCUT2D eigenvalue weighted by Crippen LogP contribution is -2.47. The Morgan fingerprint density at radius 3 is 2.72 bits per heavy atom. The van der Waals surface area contributed by atoms with Gasteiger partial charge in [-0.25, -0.2) is 0 Å². The van der Waals surface area contributed by atoms with E-state index in [1.165, 1.54) is 23.1 Å². The minimum atomic E-state index is 0.112. The molecule has 1 aromatic rings. The fourth-order valence-electron chi connectivity index (χ4n) is 3.95. The van der Waals surface area contributed by atoms with E-state index in [-0.39, 0.29) is 6.10 Å². The zero-order chi connectivity index (χ0) is 17.8. The van der Waals surface area contributed by atoms with Crippen LogP contribution in [0.25, 0.3) is 0 Å². The van der Waals surface area contributed by atoms with Gasteiger partial charge in [-0.15, -0.1) is 0 Å². The number of rotatable bonds is 4. The third-order valence-corrected chi connectivity index (χ3v) is 5.67. The molecule has 4 heteroatoms. The highest BCUT2D eigenvalue weighted by molar-refractivity contribution is 5.76. The number of carbonyl (C=O) groups excluding carboxylic acids is 1. The molecular weight excluding hydrogens is 312 g/mol. The van der Waals surface area contributed by atoms with Crippen molar-refractivity contribution in [2.45, 2.75) is 58.6 Å². The smallest absolute Gasteiger partial charge is 0.223 e. The van der Waals surface area contributed by atoms with Gasteiger partial charge in [-0.3, -0.25) is 9.69 Å². The van der Waals surface area contributed by atoms with Gasteiger partial charge < -0.3 is 9.64 Å². The van der Waals surface area contributed by atoms with Gasteiger partial charge in [0, 0.05) is 38.6 Å². The first-order chi connectivity index (χ1) is 12.0. The highest BCUT2D eigenvalue weighted by atomic mass is 16.5. The maximum absolute atomic E-state index is 12.5. The molecule has 0 spiro atoms. The molecule has 0 aliphatic carbocycles. The van der Waals surface area contributed by atoms with E-state index in [0.29, 0.717) is 18.4 Å². The van der Waals surface area contributed by atoms with Gasteiger partial charge in [0.25, 0.3) is 0 Å². The molecule has 138 valence electrons. The Labute approximate surface area is 152 Å². The number of hydrogen-bond acceptors (Lipinski definition) is 3. The van der Waals surface area contributed by atoms with E-state index in [1.807, 2.05) is 0 Å². The Morgan fingerprint density at radius 2 is 1.96 bits per heavy atom. The second-order valence-electron chi connectivity index (χ2n) is 7.72. The van der Waals surface area contributed by atoms with Crippen molar-refractivity contribution in [1.82, 2.24) is 9.80 Å². The average Bonchev–Trinajstić information content (AvgIpc) is 2.63. The Hall–Kier alpha value is -1.39. The first-order valence-electron chi connectivity index (χ1n) is 9.75. The van der Waals surface area contributed by atoms with Crippen LogP contribution in [0.3, 0.4) is 0 Å². The molecule has 2 aliphatic rings. The molecule has 0 saturated carbocycles. The predicted molar refractivity (Wildman–Crippen MR) is 101 cm³/mol. The minimum absolute atomic E-state index is 0.112. The number of morpholine rings is 1. The average molecular weight is 344 g/mol. The quantitative estimate of drug-likeness (QED) is 0.838. The fraction of sp³-hybridized carbons (Fsp3) is 0.667. The molecule has 4 nitrogen and oxygen atoms in total. The van der Waals surface area contributed by atoms with E-state index in [4.69, 9.17) is 4.74 Å². The van der Waals surface area contributed by atoms with Crippen LogP contribution in [0.15, 0.2) is 18.2 Å². The van der Waals surface area contributed by atoms with Crippen LogP contribution >= 0.6 is 0 Å². The van der Waals surface area contributed by atoms with Crippen LogP contribution in [0.2, 0.25) is 0 Å². The van der Waals surface area contributed by atoms with Crippen LogP contribution in [0.5, 0.6) is 0 Å². The van der Waals surface area contributed by atoms with Crippen molar-refractivity contribution in [2.24, 2.45) is 0 Å². The number of hydrogen-bond donors (Lipinski definition) is 0. The summed E-state index contributed by atoms with van der Waals surface area (Å²) in [4.78, 5) is 16.9. The van der Waals surface area contributed by atoms with Crippen LogP contribution in [-0.2, 0) is 9.53 Å². The van der Waals surface area contributed by atoms with Crippen molar-refractivity contribution in [1.29, 1.82) is 0 Å². The topological polar surface area (TPSA) is 32.8 Å². The third-order valence-electron chi connectivity index (χ3n) is 5.67. The molecule has 0 radical (unpaired) electrons. The molecule has 2 heterocycles. The van der Waals surface area contributed by atoms with Gasteiger partial charge in [-0.2, -0.15) is 0 Å². The minimum Gasteiger partial charge on any atom is -0.371 e. The van der Waals surface area contributed by atoms with Crippen molar-refractivity contribution >= 4 is 5.91 Å². The fourth-order valence-corrected chi connectivity index (χ4v) is 3.95. The van der Waals surface area contributed by atoms with Crippen LogP contribution in [0, 0.1) is 13.8 Å². The van der Waals surface area contributed by atoms with E-state index in [9.17, 15) is 4.79 Å². The maximum Gasteiger partial charge on any atom is 0.223 e. The van der Waals surface area contributed by atoms with E-state index in [0.717, 1.165) is 45.6 Å². The summed E-state index contributed by atoms with van der Waals surface area (Å²) < 4.78 is 6.13. The van der Waals surface area contributed by atoms with Crippen LogP contribution in [-0.4, -0.2) is 54.5 Å². The molecule has 0 aromatic heterocycles. The van der Waals surface area contributed by atoms with Crippen LogP contribution in [0.1, 0.15) is 55.4 Å². The van der Waals surface area contributed by atoms with E-state index in [2.05, 4.69) is 48.8 Å².